The van der Waals surface area contributed by atoms with Gasteiger partial charge in [0, 0.05) is 6.20 Å². The highest BCUT2D eigenvalue weighted by Crippen LogP contribution is 2.24. The van der Waals surface area contributed by atoms with Crippen LogP contribution < -0.4 is 10.1 Å². The van der Waals surface area contributed by atoms with Gasteiger partial charge in [-0.15, -0.1) is 0 Å². The standard InChI is InChI=1S/C17H22N2O/c1-3-10-19-17(14-8-6-5-7-9-14)15-11-16(20-4-2)13-18-12-15/h5-9,11-13,17,19H,3-4,10H2,1-2H3. The van der Waals surface area contributed by atoms with E-state index >= 15 is 0 Å². The Bertz CT molecular complexity index is 513. The van der Waals surface area contributed by atoms with Gasteiger partial charge in [-0.25, -0.2) is 0 Å². The van der Waals surface area contributed by atoms with Crippen molar-refractivity contribution in [3.05, 3.63) is 59.9 Å². The van der Waals surface area contributed by atoms with Crippen LogP contribution in [0.4, 0.5) is 0 Å². The van der Waals surface area contributed by atoms with Crippen LogP contribution in [0.1, 0.15) is 37.4 Å². The van der Waals surface area contributed by atoms with Gasteiger partial charge in [-0.2, -0.15) is 0 Å². The second-order valence-corrected chi connectivity index (χ2v) is 4.68. The van der Waals surface area contributed by atoms with Gasteiger partial charge in [-0.1, -0.05) is 37.3 Å². The summed E-state index contributed by atoms with van der Waals surface area (Å²) in [6.07, 6.45) is 4.76. The number of benzene rings is 1. The maximum absolute atomic E-state index is 5.55. The van der Waals surface area contributed by atoms with E-state index in [2.05, 4.69) is 47.6 Å². The van der Waals surface area contributed by atoms with Crippen molar-refractivity contribution in [1.29, 1.82) is 0 Å². The number of hydrogen-bond donors (Lipinski definition) is 1. The van der Waals surface area contributed by atoms with Gasteiger partial charge in [0.05, 0.1) is 18.8 Å². The molecule has 1 aromatic carbocycles. The van der Waals surface area contributed by atoms with Gasteiger partial charge >= 0.3 is 0 Å². The van der Waals surface area contributed by atoms with Crippen LogP contribution in [0, 0.1) is 0 Å². The Kier molecular flexibility index (Phi) is 5.56. The minimum Gasteiger partial charge on any atom is -0.492 e. The number of hydrogen-bond acceptors (Lipinski definition) is 3. The normalized spacial score (nSPS) is 12.1. The third-order valence-electron chi connectivity index (χ3n) is 3.11. The van der Waals surface area contributed by atoms with Gasteiger partial charge in [-0.05, 0) is 37.1 Å². The molecule has 1 heterocycles. The summed E-state index contributed by atoms with van der Waals surface area (Å²) in [4.78, 5) is 4.29. The molecule has 3 nitrogen and oxygen atoms in total. The van der Waals surface area contributed by atoms with Crippen molar-refractivity contribution in [2.75, 3.05) is 13.2 Å². The van der Waals surface area contributed by atoms with Crippen LogP contribution in [-0.4, -0.2) is 18.1 Å². The lowest BCUT2D eigenvalue weighted by molar-refractivity contribution is 0.338. The fourth-order valence-electron chi connectivity index (χ4n) is 2.20. The summed E-state index contributed by atoms with van der Waals surface area (Å²) in [5.41, 5.74) is 2.38. The Balaban J connectivity index is 2.28. The van der Waals surface area contributed by atoms with E-state index in [0.717, 1.165) is 24.3 Å². The summed E-state index contributed by atoms with van der Waals surface area (Å²) in [5.74, 6) is 0.823. The molecule has 106 valence electrons. The van der Waals surface area contributed by atoms with Crippen molar-refractivity contribution in [3.63, 3.8) is 0 Å². The van der Waals surface area contributed by atoms with E-state index in [-0.39, 0.29) is 6.04 Å². The van der Waals surface area contributed by atoms with Gasteiger partial charge in [0.1, 0.15) is 5.75 Å². The highest BCUT2D eigenvalue weighted by Gasteiger charge is 2.14. The molecule has 2 aromatic rings. The van der Waals surface area contributed by atoms with E-state index in [0.29, 0.717) is 6.61 Å². The Morgan fingerprint density at radius 1 is 1.10 bits per heavy atom. The smallest absolute Gasteiger partial charge is 0.137 e. The molecule has 0 amide bonds. The lowest BCUT2D eigenvalue weighted by Crippen LogP contribution is -2.23. The first-order valence-electron chi connectivity index (χ1n) is 7.21. The van der Waals surface area contributed by atoms with Crippen LogP contribution in [0.2, 0.25) is 0 Å². The highest BCUT2D eigenvalue weighted by atomic mass is 16.5. The van der Waals surface area contributed by atoms with Crippen LogP contribution in [0.5, 0.6) is 5.75 Å². The average Bonchev–Trinajstić information content (AvgIpc) is 2.50. The molecule has 0 aliphatic carbocycles. The third-order valence-corrected chi connectivity index (χ3v) is 3.11. The van der Waals surface area contributed by atoms with E-state index < -0.39 is 0 Å². The summed E-state index contributed by atoms with van der Waals surface area (Å²) in [5, 5.41) is 3.58. The Morgan fingerprint density at radius 2 is 1.90 bits per heavy atom. The lowest BCUT2D eigenvalue weighted by atomic mass is 10.00. The molecule has 0 saturated carbocycles. The summed E-state index contributed by atoms with van der Waals surface area (Å²) >= 11 is 0. The van der Waals surface area contributed by atoms with E-state index in [1.807, 2.05) is 19.2 Å². The van der Waals surface area contributed by atoms with Crippen molar-refractivity contribution in [3.8, 4) is 5.75 Å². The minimum atomic E-state index is 0.157. The zero-order valence-corrected chi connectivity index (χ0v) is 12.2. The molecule has 1 atom stereocenters. The zero-order chi connectivity index (χ0) is 14.2. The summed E-state index contributed by atoms with van der Waals surface area (Å²) < 4.78 is 5.55. The van der Waals surface area contributed by atoms with Crippen molar-refractivity contribution >= 4 is 0 Å². The molecule has 0 radical (unpaired) electrons. The molecule has 0 aliphatic heterocycles. The number of ether oxygens (including phenoxy) is 1. The number of nitrogens with one attached hydrogen (secondary N) is 1. The molecule has 0 fully saturated rings. The molecular weight excluding hydrogens is 248 g/mol. The molecule has 2 rings (SSSR count). The summed E-state index contributed by atoms with van der Waals surface area (Å²) in [6, 6.07) is 12.7. The molecule has 3 heteroatoms. The summed E-state index contributed by atoms with van der Waals surface area (Å²) in [6.45, 7) is 5.78. The van der Waals surface area contributed by atoms with Crippen molar-refractivity contribution in [2.24, 2.45) is 0 Å². The van der Waals surface area contributed by atoms with Gasteiger partial charge in [0.25, 0.3) is 0 Å². The molecule has 0 saturated heterocycles. The SMILES string of the molecule is CCCNC(c1ccccc1)c1cncc(OCC)c1. The average molecular weight is 270 g/mol. The molecule has 1 unspecified atom stereocenters. The maximum atomic E-state index is 5.55. The lowest BCUT2D eigenvalue weighted by Gasteiger charge is -2.19. The van der Waals surface area contributed by atoms with E-state index in [4.69, 9.17) is 4.74 Å². The first-order valence-corrected chi connectivity index (χ1v) is 7.21. The maximum Gasteiger partial charge on any atom is 0.137 e. The van der Waals surface area contributed by atoms with Crippen LogP contribution in [0.15, 0.2) is 48.8 Å². The molecule has 0 bridgehead atoms. The zero-order valence-electron chi connectivity index (χ0n) is 12.2. The van der Waals surface area contributed by atoms with Gasteiger partial charge < -0.3 is 10.1 Å². The number of nitrogens with zero attached hydrogens (tertiary/aromatic N) is 1. The Hall–Kier alpha value is -1.87. The quantitative estimate of drug-likeness (QED) is 0.835. The molecule has 1 N–H and O–H groups in total. The first kappa shape index (κ1) is 14.5. The van der Waals surface area contributed by atoms with Crippen molar-refractivity contribution in [1.82, 2.24) is 10.3 Å². The second-order valence-electron chi connectivity index (χ2n) is 4.68. The molecular formula is C17H22N2O. The predicted molar refractivity (Wildman–Crippen MR) is 82.0 cm³/mol. The van der Waals surface area contributed by atoms with Gasteiger partial charge in [-0.3, -0.25) is 4.98 Å². The number of pyridine rings is 1. The van der Waals surface area contributed by atoms with E-state index in [9.17, 15) is 0 Å². The number of aromatic nitrogens is 1. The minimum absolute atomic E-state index is 0.157. The number of rotatable bonds is 7. The van der Waals surface area contributed by atoms with Crippen LogP contribution in [0.25, 0.3) is 0 Å². The van der Waals surface area contributed by atoms with Gasteiger partial charge in [0.15, 0.2) is 0 Å². The first-order chi connectivity index (χ1) is 9.85. The van der Waals surface area contributed by atoms with Crippen LogP contribution >= 0.6 is 0 Å². The van der Waals surface area contributed by atoms with E-state index in [1.54, 1.807) is 6.20 Å². The third kappa shape index (κ3) is 3.81. The molecule has 0 spiro atoms. The fraction of sp³-hybridized carbons (Fsp3) is 0.353. The monoisotopic (exact) mass is 270 g/mol. The summed E-state index contributed by atoms with van der Waals surface area (Å²) in [7, 11) is 0. The Morgan fingerprint density at radius 3 is 2.60 bits per heavy atom. The largest absolute Gasteiger partial charge is 0.492 e. The van der Waals surface area contributed by atoms with E-state index in [1.165, 1.54) is 5.56 Å². The molecule has 20 heavy (non-hydrogen) atoms. The Labute approximate surface area is 121 Å². The predicted octanol–water partition coefficient (Wildman–Crippen LogP) is 3.57. The highest BCUT2D eigenvalue weighted by molar-refractivity contribution is 5.34. The molecule has 0 aliphatic rings. The van der Waals surface area contributed by atoms with Gasteiger partial charge in [0.2, 0.25) is 0 Å². The van der Waals surface area contributed by atoms with Crippen molar-refractivity contribution < 1.29 is 4.74 Å². The second kappa shape index (κ2) is 7.65. The van der Waals surface area contributed by atoms with Crippen molar-refractivity contribution in [2.45, 2.75) is 26.3 Å². The topological polar surface area (TPSA) is 34.2 Å². The van der Waals surface area contributed by atoms with Crippen LogP contribution in [-0.2, 0) is 0 Å². The molecule has 1 aromatic heterocycles. The fourth-order valence-corrected chi connectivity index (χ4v) is 2.20. The van der Waals surface area contributed by atoms with Crippen LogP contribution in [0.3, 0.4) is 0 Å².